The number of amides is 1. The highest BCUT2D eigenvalue weighted by atomic mass is 32.2. The molecule has 6 rings (SSSR count). The summed E-state index contributed by atoms with van der Waals surface area (Å²) in [4.78, 5) is 19.8. The van der Waals surface area contributed by atoms with Gasteiger partial charge in [0.25, 0.3) is 11.7 Å². The fourth-order valence-corrected chi connectivity index (χ4v) is 4.86. The summed E-state index contributed by atoms with van der Waals surface area (Å²) in [6.45, 7) is 2.80. The van der Waals surface area contributed by atoms with Gasteiger partial charge in [0.05, 0.1) is 12.4 Å². The maximum absolute atomic E-state index is 12.2. The van der Waals surface area contributed by atoms with E-state index in [4.69, 9.17) is 0 Å². The van der Waals surface area contributed by atoms with Crippen molar-refractivity contribution in [3.8, 4) is 0 Å². The van der Waals surface area contributed by atoms with E-state index in [1.807, 2.05) is 36.7 Å². The molecule has 3 N–H and O–H groups in total. The molecule has 3 heterocycles. The fourth-order valence-electron chi connectivity index (χ4n) is 4.00. The van der Waals surface area contributed by atoms with Crippen molar-refractivity contribution in [1.29, 1.82) is 0 Å². The first kappa shape index (κ1) is 19.6. The zero-order valence-corrected chi connectivity index (χ0v) is 18.6. The van der Waals surface area contributed by atoms with Gasteiger partial charge in [0.2, 0.25) is 5.91 Å². The number of benzene rings is 1. The van der Waals surface area contributed by atoms with Gasteiger partial charge in [0, 0.05) is 34.2 Å². The molecule has 2 unspecified atom stereocenters. The van der Waals surface area contributed by atoms with E-state index in [0.29, 0.717) is 18.4 Å². The van der Waals surface area contributed by atoms with E-state index in [9.17, 15) is 4.79 Å². The summed E-state index contributed by atoms with van der Waals surface area (Å²) >= 11 is 1.64. The van der Waals surface area contributed by atoms with Gasteiger partial charge < -0.3 is 5.32 Å². The predicted molar refractivity (Wildman–Crippen MR) is 126 cm³/mol. The standard InChI is InChI=1S/C23H25N7OS/c1-14-10-18(14)23(31)25-16-4-6-17(7-5-16)32-29-12-21-24-8-9-30(21)22(13-29)26-20-11-19(27-28-20)15-2-3-15/h4-9,11,13-15,18H,2-3,10,12H2,1H3,(H,25,31)(H2,26,27,28)/q+1. The number of fused-ring (bicyclic) bond motifs is 1. The van der Waals surface area contributed by atoms with Gasteiger partial charge in [-0.1, -0.05) is 6.92 Å². The summed E-state index contributed by atoms with van der Waals surface area (Å²) in [5.41, 5.74) is 2.04. The van der Waals surface area contributed by atoms with Gasteiger partial charge in [-0.3, -0.25) is 19.5 Å². The molecule has 0 spiro atoms. The summed E-state index contributed by atoms with van der Waals surface area (Å²) < 4.78 is 2.15. The lowest BCUT2D eigenvalue weighted by atomic mass is 10.3. The van der Waals surface area contributed by atoms with E-state index in [0.717, 1.165) is 34.5 Å². The Morgan fingerprint density at radius 3 is 2.84 bits per heavy atom. The van der Waals surface area contributed by atoms with E-state index < -0.39 is 0 Å². The maximum atomic E-state index is 12.2. The number of carbonyl (C=O) groups is 1. The van der Waals surface area contributed by atoms with Gasteiger partial charge >= 0.3 is 0 Å². The molecular formula is C23H25N7OS+. The van der Waals surface area contributed by atoms with Crippen molar-refractivity contribution in [1.82, 2.24) is 19.4 Å². The van der Waals surface area contributed by atoms with Crippen LogP contribution >= 0.6 is 11.9 Å². The van der Waals surface area contributed by atoms with Crippen LogP contribution in [-0.4, -0.2) is 32.8 Å². The molecule has 2 saturated carbocycles. The Kier molecular flexibility index (Phi) is 4.80. The number of hydrogen-bond donors (Lipinski definition) is 3. The number of carbonyl (C=O) groups excluding carboxylic acids is 1. The van der Waals surface area contributed by atoms with Crippen LogP contribution in [0, 0.1) is 11.8 Å². The van der Waals surface area contributed by atoms with E-state index in [2.05, 4.69) is 54.2 Å². The number of nitrogens with one attached hydrogen (secondary N) is 3. The molecule has 2 aromatic rings. The zero-order valence-electron chi connectivity index (χ0n) is 17.8. The van der Waals surface area contributed by atoms with Crippen molar-refractivity contribution in [3.05, 3.63) is 60.4 Å². The van der Waals surface area contributed by atoms with E-state index >= 15 is 0 Å². The van der Waals surface area contributed by atoms with Crippen molar-refractivity contribution in [2.24, 2.45) is 16.8 Å². The van der Waals surface area contributed by atoms with E-state index in [-0.39, 0.29) is 11.8 Å². The Morgan fingerprint density at radius 1 is 1.28 bits per heavy atom. The van der Waals surface area contributed by atoms with Crippen LogP contribution in [-0.2, 0) is 4.79 Å². The molecule has 1 aromatic heterocycles. The van der Waals surface area contributed by atoms with Gasteiger partial charge in [0.1, 0.15) is 6.54 Å². The monoisotopic (exact) mass is 447 g/mol. The minimum Gasteiger partial charge on any atom is -0.326 e. The van der Waals surface area contributed by atoms with Crippen molar-refractivity contribution in [3.63, 3.8) is 0 Å². The molecule has 2 aliphatic heterocycles. The van der Waals surface area contributed by atoms with Crippen molar-refractivity contribution < 1.29 is 4.79 Å². The van der Waals surface area contributed by atoms with Crippen LogP contribution in [0.15, 0.2) is 64.6 Å². The number of aliphatic imine (C=N–C) groups is 1. The number of aromatic amines is 1. The number of amidine groups is 1. The summed E-state index contributed by atoms with van der Waals surface area (Å²) in [5.74, 6) is 4.13. The highest BCUT2D eigenvalue weighted by molar-refractivity contribution is 7.97. The SMILES string of the molecule is CC1CC1C(=O)Nc1ccc(SN2C=C(Nc3cc(C4CC4)[nH]n3)[N+]3C=CN=C3C2)cc1. The molecule has 163 valence electrons. The maximum Gasteiger partial charge on any atom is 0.285 e. The molecule has 2 aliphatic carbocycles. The quantitative estimate of drug-likeness (QED) is 0.438. The van der Waals surface area contributed by atoms with Crippen LogP contribution in [0.5, 0.6) is 0 Å². The second-order valence-corrected chi connectivity index (χ2v) is 9.96. The molecule has 9 heteroatoms. The first-order valence-corrected chi connectivity index (χ1v) is 11.8. The lowest BCUT2D eigenvalue weighted by molar-refractivity contribution is -0.117. The molecule has 0 bridgehead atoms. The first-order chi connectivity index (χ1) is 15.6. The van der Waals surface area contributed by atoms with Crippen LogP contribution in [0.4, 0.5) is 11.5 Å². The third-order valence-electron chi connectivity index (χ3n) is 6.20. The molecule has 32 heavy (non-hydrogen) atoms. The van der Waals surface area contributed by atoms with Crippen LogP contribution in [0.3, 0.4) is 0 Å². The third kappa shape index (κ3) is 4.05. The number of nitrogens with zero attached hydrogens (tertiary/aromatic N) is 4. The Hall–Kier alpha value is -3.04. The van der Waals surface area contributed by atoms with E-state index in [1.54, 1.807) is 11.9 Å². The smallest absolute Gasteiger partial charge is 0.285 e. The van der Waals surface area contributed by atoms with Gasteiger partial charge in [-0.2, -0.15) is 10.1 Å². The Bertz CT molecular complexity index is 1130. The van der Waals surface area contributed by atoms with Crippen molar-refractivity contribution in [2.75, 3.05) is 17.2 Å². The molecular weight excluding hydrogens is 422 g/mol. The predicted octanol–water partition coefficient (Wildman–Crippen LogP) is 4.14. The molecule has 4 aliphatic rings. The topological polar surface area (TPSA) is 91.3 Å². The van der Waals surface area contributed by atoms with Crippen LogP contribution in [0.1, 0.15) is 37.8 Å². The molecule has 1 aromatic carbocycles. The van der Waals surface area contributed by atoms with Gasteiger partial charge in [0.15, 0.2) is 12.0 Å². The second kappa shape index (κ2) is 7.83. The van der Waals surface area contributed by atoms with E-state index in [1.165, 1.54) is 18.5 Å². The van der Waals surface area contributed by atoms with Gasteiger partial charge in [-0.25, -0.2) is 0 Å². The molecule has 2 fully saturated rings. The minimum absolute atomic E-state index is 0.127. The number of hydrogen-bond acceptors (Lipinski definition) is 7. The average molecular weight is 448 g/mol. The number of rotatable bonds is 7. The largest absolute Gasteiger partial charge is 0.326 e. The highest BCUT2D eigenvalue weighted by Gasteiger charge is 2.39. The van der Waals surface area contributed by atoms with Crippen LogP contribution in [0.25, 0.3) is 0 Å². The lowest BCUT2D eigenvalue weighted by Gasteiger charge is -2.24. The zero-order chi connectivity index (χ0) is 21.7. The molecule has 0 saturated heterocycles. The Labute approximate surface area is 191 Å². The van der Waals surface area contributed by atoms with Gasteiger partial charge in [-0.15, -0.1) is 0 Å². The normalized spacial score (nSPS) is 24.1. The van der Waals surface area contributed by atoms with Gasteiger partial charge in [-0.05, 0) is 66.3 Å². The Morgan fingerprint density at radius 2 is 2.09 bits per heavy atom. The van der Waals surface area contributed by atoms with Crippen molar-refractivity contribution in [2.45, 2.75) is 37.0 Å². The lowest BCUT2D eigenvalue weighted by Crippen LogP contribution is -2.42. The molecule has 8 nitrogen and oxygen atoms in total. The Balaban J connectivity index is 1.14. The summed E-state index contributed by atoms with van der Waals surface area (Å²) in [6.07, 6.45) is 9.33. The first-order valence-electron chi connectivity index (χ1n) is 11.0. The average Bonchev–Trinajstić information content (AvgIpc) is 3.66. The van der Waals surface area contributed by atoms with Crippen LogP contribution in [0.2, 0.25) is 0 Å². The summed E-state index contributed by atoms with van der Waals surface area (Å²) in [6, 6.07) is 10.1. The second-order valence-electron chi connectivity index (χ2n) is 8.84. The highest BCUT2D eigenvalue weighted by Crippen LogP contribution is 2.40. The molecule has 1 amide bonds. The summed E-state index contributed by atoms with van der Waals surface area (Å²) in [7, 11) is 0. The fraction of sp³-hybridized carbons (Fsp3) is 0.348. The summed E-state index contributed by atoms with van der Waals surface area (Å²) in [5, 5.41) is 14.0. The third-order valence-corrected chi connectivity index (χ3v) is 7.15. The molecule has 2 atom stereocenters. The number of anilines is 2. The number of aromatic nitrogens is 2. The van der Waals surface area contributed by atoms with Crippen molar-refractivity contribution >= 4 is 35.2 Å². The van der Waals surface area contributed by atoms with Crippen LogP contribution < -0.4 is 15.5 Å². The number of H-pyrrole nitrogens is 1. The molecule has 1 radical (unpaired) electrons. The minimum atomic E-state index is 0.127.